The van der Waals surface area contributed by atoms with Crippen LogP contribution in [0.2, 0.25) is 0 Å². The Morgan fingerprint density at radius 1 is 1.47 bits per heavy atom. The Kier molecular flexibility index (Phi) is 5.57. The van der Waals surface area contributed by atoms with Crippen molar-refractivity contribution in [3.8, 4) is 5.75 Å². The van der Waals surface area contributed by atoms with Gasteiger partial charge in [0.15, 0.2) is 0 Å². The fourth-order valence-corrected chi connectivity index (χ4v) is 1.82. The Balaban J connectivity index is 3.01. The predicted molar refractivity (Wildman–Crippen MR) is 73.6 cm³/mol. The highest BCUT2D eigenvalue weighted by molar-refractivity contribution is 5.64. The minimum atomic E-state index is -0.443. The van der Waals surface area contributed by atoms with Crippen LogP contribution in [0.5, 0.6) is 5.75 Å². The quantitative estimate of drug-likeness (QED) is 0.586. The molecular weight excluding hydrogens is 248 g/mol. The maximum atomic E-state index is 11.1. The minimum absolute atomic E-state index is 0.0166. The van der Waals surface area contributed by atoms with Crippen molar-refractivity contribution in [1.82, 2.24) is 0 Å². The molecule has 6 nitrogen and oxygen atoms in total. The van der Waals surface area contributed by atoms with Crippen LogP contribution in [0.4, 0.5) is 11.4 Å². The van der Waals surface area contributed by atoms with Crippen LogP contribution < -0.4 is 10.1 Å². The maximum Gasteiger partial charge on any atom is 0.296 e. The van der Waals surface area contributed by atoms with Crippen LogP contribution in [-0.4, -0.2) is 29.8 Å². The van der Waals surface area contributed by atoms with Crippen molar-refractivity contribution in [2.75, 3.05) is 19.0 Å². The van der Waals surface area contributed by atoms with Crippen LogP contribution >= 0.6 is 0 Å². The van der Waals surface area contributed by atoms with Gasteiger partial charge in [0.05, 0.1) is 18.1 Å². The van der Waals surface area contributed by atoms with E-state index in [1.54, 1.807) is 12.1 Å². The van der Waals surface area contributed by atoms with Crippen LogP contribution in [0.1, 0.15) is 20.3 Å². The SMILES string of the molecule is COc1ccc(NC(CCO)C(C)C)c([N+](=O)[O-])c1. The zero-order valence-electron chi connectivity index (χ0n) is 11.4. The molecule has 0 fully saturated rings. The number of anilines is 1. The summed E-state index contributed by atoms with van der Waals surface area (Å²) in [7, 11) is 1.47. The van der Waals surface area contributed by atoms with E-state index >= 15 is 0 Å². The van der Waals surface area contributed by atoms with Gasteiger partial charge in [-0.25, -0.2) is 0 Å². The summed E-state index contributed by atoms with van der Waals surface area (Å²) >= 11 is 0. The molecule has 1 rings (SSSR count). The summed E-state index contributed by atoms with van der Waals surface area (Å²) in [6.45, 7) is 4.05. The third-order valence-electron chi connectivity index (χ3n) is 2.99. The number of aliphatic hydroxyl groups excluding tert-OH is 1. The summed E-state index contributed by atoms with van der Waals surface area (Å²) in [6, 6.07) is 4.67. The van der Waals surface area contributed by atoms with Crippen molar-refractivity contribution in [3.05, 3.63) is 28.3 Å². The third-order valence-corrected chi connectivity index (χ3v) is 2.99. The molecule has 0 aliphatic carbocycles. The highest BCUT2D eigenvalue weighted by atomic mass is 16.6. The molecule has 0 aliphatic heterocycles. The molecule has 0 heterocycles. The first-order valence-electron chi connectivity index (χ1n) is 6.19. The molecule has 0 bridgehead atoms. The zero-order chi connectivity index (χ0) is 14.4. The fraction of sp³-hybridized carbons (Fsp3) is 0.538. The highest BCUT2D eigenvalue weighted by Gasteiger charge is 2.19. The average molecular weight is 268 g/mol. The molecule has 0 saturated heterocycles. The van der Waals surface area contributed by atoms with Gasteiger partial charge in [0.1, 0.15) is 11.4 Å². The van der Waals surface area contributed by atoms with Crippen LogP contribution in [0.25, 0.3) is 0 Å². The fourth-order valence-electron chi connectivity index (χ4n) is 1.82. The van der Waals surface area contributed by atoms with Gasteiger partial charge in [-0.1, -0.05) is 13.8 Å². The molecule has 106 valence electrons. The molecule has 1 aromatic carbocycles. The Morgan fingerprint density at radius 2 is 2.16 bits per heavy atom. The summed E-state index contributed by atoms with van der Waals surface area (Å²) in [5.74, 6) is 0.703. The molecule has 0 aliphatic rings. The van der Waals surface area contributed by atoms with E-state index in [9.17, 15) is 10.1 Å². The number of hydrogen-bond acceptors (Lipinski definition) is 5. The maximum absolute atomic E-state index is 11.1. The molecule has 0 amide bonds. The normalized spacial score (nSPS) is 12.3. The van der Waals surface area contributed by atoms with E-state index in [1.165, 1.54) is 13.2 Å². The van der Waals surface area contributed by atoms with Gasteiger partial charge in [-0.2, -0.15) is 0 Å². The molecule has 0 spiro atoms. The number of hydrogen-bond donors (Lipinski definition) is 2. The number of nitrogens with zero attached hydrogens (tertiary/aromatic N) is 1. The Labute approximate surface area is 112 Å². The van der Waals surface area contributed by atoms with Gasteiger partial charge in [-0.05, 0) is 24.5 Å². The first-order chi connectivity index (χ1) is 8.99. The second kappa shape index (κ2) is 6.94. The highest BCUT2D eigenvalue weighted by Crippen LogP contribution is 2.30. The zero-order valence-corrected chi connectivity index (χ0v) is 11.4. The van der Waals surface area contributed by atoms with Gasteiger partial charge in [-0.3, -0.25) is 10.1 Å². The summed E-state index contributed by atoms with van der Waals surface area (Å²) < 4.78 is 4.99. The second-order valence-corrected chi connectivity index (χ2v) is 4.65. The topological polar surface area (TPSA) is 84.6 Å². The second-order valence-electron chi connectivity index (χ2n) is 4.65. The molecule has 1 unspecified atom stereocenters. The number of nitro groups is 1. The molecular formula is C13H20N2O4. The largest absolute Gasteiger partial charge is 0.496 e. The Bertz CT molecular complexity index is 435. The number of rotatable bonds is 7. The minimum Gasteiger partial charge on any atom is -0.496 e. The van der Waals surface area contributed by atoms with E-state index < -0.39 is 4.92 Å². The van der Waals surface area contributed by atoms with E-state index in [0.29, 0.717) is 17.9 Å². The molecule has 0 radical (unpaired) electrons. The van der Waals surface area contributed by atoms with Gasteiger partial charge in [-0.15, -0.1) is 0 Å². The van der Waals surface area contributed by atoms with Crippen LogP contribution in [0.3, 0.4) is 0 Å². The van der Waals surface area contributed by atoms with E-state index in [-0.39, 0.29) is 24.3 Å². The summed E-state index contributed by atoms with van der Waals surface area (Å²) in [6.07, 6.45) is 0.543. The lowest BCUT2D eigenvalue weighted by Gasteiger charge is -2.22. The van der Waals surface area contributed by atoms with Crippen molar-refractivity contribution in [2.45, 2.75) is 26.3 Å². The smallest absolute Gasteiger partial charge is 0.296 e. The van der Waals surface area contributed by atoms with Crippen molar-refractivity contribution in [1.29, 1.82) is 0 Å². The number of ether oxygens (including phenoxy) is 1. The molecule has 0 aromatic heterocycles. The first-order valence-corrected chi connectivity index (χ1v) is 6.19. The lowest BCUT2D eigenvalue weighted by atomic mass is 10.0. The van der Waals surface area contributed by atoms with Crippen molar-refractivity contribution in [2.24, 2.45) is 5.92 Å². The van der Waals surface area contributed by atoms with Crippen molar-refractivity contribution in [3.63, 3.8) is 0 Å². The van der Waals surface area contributed by atoms with Crippen molar-refractivity contribution < 1.29 is 14.8 Å². The average Bonchev–Trinajstić information content (AvgIpc) is 2.38. The van der Waals surface area contributed by atoms with Gasteiger partial charge < -0.3 is 15.2 Å². The summed E-state index contributed by atoms with van der Waals surface area (Å²) in [5.41, 5.74) is 0.417. The van der Waals surface area contributed by atoms with E-state index in [4.69, 9.17) is 9.84 Å². The molecule has 6 heteroatoms. The lowest BCUT2D eigenvalue weighted by molar-refractivity contribution is -0.384. The molecule has 19 heavy (non-hydrogen) atoms. The van der Waals surface area contributed by atoms with Gasteiger partial charge >= 0.3 is 0 Å². The van der Waals surface area contributed by atoms with Gasteiger partial charge in [0.2, 0.25) is 0 Å². The number of benzene rings is 1. The first kappa shape index (κ1) is 15.2. The number of aliphatic hydroxyl groups is 1. The van der Waals surface area contributed by atoms with Crippen LogP contribution in [-0.2, 0) is 0 Å². The van der Waals surface area contributed by atoms with E-state index in [0.717, 1.165) is 0 Å². The molecule has 1 atom stereocenters. The summed E-state index contributed by atoms with van der Waals surface area (Å²) in [4.78, 5) is 10.6. The monoisotopic (exact) mass is 268 g/mol. The molecule has 0 saturated carbocycles. The third kappa shape index (κ3) is 4.10. The number of methoxy groups -OCH3 is 1. The Hall–Kier alpha value is -1.82. The van der Waals surface area contributed by atoms with Crippen molar-refractivity contribution >= 4 is 11.4 Å². The van der Waals surface area contributed by atoms with Gasteiger partial charge in [0, 0.05) is 12.6 Å². The number of nitro benzene ring substituents is 1. The standard InChI is InChI=1S/C13H20N2O4/c1-9(2)11(6-7-16)14-12-5-4-10(19-3)8-13(12)15(17)18/h4-5,8-9,11,14,16H,6-7H2,1-3H3. The molecule has 1 aromatic rings. The lowest BCUT2D eigenvalue weighted by Crippen LogP contribution is -2.27. The van der Waals surface area contributed by atoms with E-state index in [1.807, 2.05) is 13.8 Å². The van der Waals surface area contributed by atoms with Crippen LogP contribution in [0, 0.1) is 16.0 Å². The van der Waals surface area contributed by atoms with E-state index in [2.05, 4.69) is 5.32 Å². The summed E-state index contributed by atoms with van der Waals surface area (Å²) in [5, 5.41) is 23.2. The Morgan fingerprint density at radius 3 is 2.63 bits per heavy atom. The van der Waals surface area contributed by atoms with Gasteiger partial charge in [0.25, 0.3) is 5.69 Å². The predicted octanol–water partition coefficient (Wildman–Crippen LogP) is 2.42. The van der Waals surface area contributed by atoms with Crippen LogP contribution in [0.15, 0.2) is 18.2 Å². The molecule has 2 N–H and O–H groups in total. The number of nitrogens with one attached hydrogen (secondary N) is 1.